The number of nitro groups is 1. The van der Waals surface area contributed by atoms with Crippen molar-refractivity contribution in [3.05, 3.63) is 91.4 Å². The number of anilines is 1. The number of nitro benzene ring substituents is 1. The number of ether oxygens (including phenoxy) is 1. The van der Waals surface area contributed by atoms with Crippen LogP contribution in [0, 0.1) is 21.4 Å². The molecule has 0 spiro atoms. The molecule has 0 fully saturated rings. The minimum absolute atomic E-state index is 0.0150. The smallest absolute Gasteiger partial charge is 0.339 e. The largest absolute Gasteiger partial charge is 0.490 e. The van der Waals surface area contributed by atoms with E-state index in [-0.39, 0.29) is 38.7 Å². The molecule has 1 amide bonds. The minimum Gasteiger partial charge on any atom is -0.490 e. The third kappa shape index (κ3) is 7.07. The summed E-state index contributed by atoms with van der Waals surface area (Å²) >= 11 is 9.17. The number of hydrogen-bond acceptors (Lipinski definition) is 8. The lowest BCUT2D eigenvalue weighted by Crippen LogP contribution is -2.13. The zero-order valence-electron chi connectivity index (χ0n) is 19.0. The van der Waals surface area contributed by atoms with Crippen LogP contribution in [-0.4, -0.2) is 25.9 Å². The Morgan fingerprint density at radius 2 is 1.92 bits per heavy atom. The van der Waals surface area contributed by atoms with Gasteiger partial charge in [0.25, 0.3) is 11.6 Å². The molecule has 0 radical (unpaired) electrons. The second-order valence-corrected chi connectivity index (χ2v) is 10.0. The molecule has 13 heteroatoms. The maximum absolute atomic E-state index is 12.8. The predicted octanol–water partition coefficient (Wildman–Crippen LogP) is 5.72. The van der Waals surface area contributed by atoms with Gasteiger partial charge < -0.3 is 14.2 Å². The van der Waals surface area contributed by atoms with E-state index in [4.69, 9.17) is 20.5 Å². The number of rotatable bonds is 9. The Bertz CT molecular complexity index is 1530. The zero-order chi connectivity index (χ0) is 27.2. The molecule has 37 heavy (non-hydrogen) atoms. The molecule has 3 rings (SSSR count). The lowest BCUT2D eigenvalue weighted by molar-refractivity contribution is -0.384. The Hall–Kier alpha value is -3.92. The topological polar surface area (TPSA) is 149 Å². The van der Waals surface area contributed by atoms with Gasteiger partial charge in [0.1, 0.15) is 16.5 Å². The number of non-ortho nitro benzene ring substituents is 1. The van der Waals surface area contributed by atoms with E-state index in [9.17, 15) is 28.6 Å². The molecule has 0 aliphatic carbocycles. The number of carbonyl (C=O) groups excluding carboxylic acids is 1. The maximum Gasteiger partial charge on any atom is 0.339 e. The lowest BCUT2D eigenvalue weighted by atomic mass is 10.1. The number of hydrogen-bond donors (Lipinski definition) is 1. The van der Waals surface area contributed by atoms with Gasteiger partial charge in [-0.15, -0.1) is 0 Å². The van der Waals surface area contributed by atoms with E-state index in [1.807, 2.05) is 6.07 Å². The van der Waals surface area contributed by atoms with Gasteiger partial charge in [-0.2, -0.15) is 13.7 Å². The van der Waals surface area contributed by atoms with Crippen LogP contribution < -0.4 is 14.2 Å². The minimum atomic E-state index is -4.39. The Kier molecular flexibility index (Phi) is 8.88. The van der Waals surface area contributed by atoms with Crippen molar-refractivity contribution in [1.29, 1.82) is 5.26 Å². The molecule has 3 aromatic rings. The predicted molar refractivity (Wildman–Crippen MR) is 140 cm³/mol. The molecule has 0 aliphatic rings. The first-order valence-electron chi connectivity index (χ1n) is 10.4. The van der Waals surface area contributed by atoms with Crippen molar-refractivity contribution in [3.63, 3.8) is 0 Å². The average Bonchev–Trinajstić information content (AvgIpc) is 2.84. The summed E-state index contributed by atoms with van der Waals surface area (Å²) in [6, 6.07) is 15.3. The fourth-order valence-corrected chi connectivity index (χ4v) is 4.78. The van der Waals surface area contributed by atoms with E-state index in [1.54, 1.807) is 25.1 Å². The highest BCUT2D eigenvalue weighted by atomic mass is 79.9. The standard InChI is InChI=1S/C24H17BrClN3O7S/c1-2-35-22-12-15(10-16(14-27)24(30)28-18-5-3-4-17(26)13-18)11-21(25)23(22)36-37(33,34)20-8-6-19(7-9-20)29(31)32/h3-13H,2H2,1H3,(H,28,30)/b16-10+. The maximum atomic E-state index is 12.8. The van der Waals surface area contributed by atoms with Crippen LogP contribution in [0.15, 0.2) is 75.6 Å². The summed E-state index contributed by atoms with van der Waals surface area (Å²) in [5.74, 6) is -0.847. The quantitative estimate of drug-likeness (QED) is 0.107. The van der Waals surface area contributed by atoms with E-state index in [0.29, 0.717) is 16.3 Å². The molecule has 10 nitrogen and oxygen atoms in total. The van der Waals surface area contributed by atoms with Crippen LogP contribution in [0.1, 0.15) is 12.5 Å². The summed E-state index contributed by atoms with van der Waals surface area (Å²) in [4.78, 5) is 22.5. The number of carbonyl (C=O) groups is 1. The van der Waals surface area contributed by atoms with Crippen LogP contribution in [-0.2, 0) is 14.9 Å². The van der Waals surface area contributed by atoms with Crippen LogP contribution >= 0.6 is 27.5 Å². The summed E-state index contributed by atoms with van der Waals surface area (Å²) in [5, 5.41) is 23.3. The van der Waals surface area contributed by atoms with Gasteiger partial charge in [-0.25, -0.2) is 0 Å². The molecule has 0 heterocycles. The van der Waals surface area contributed by atoms with Gasteiger partial charge in [-0.1, -0.05) is 17.7 Å². The Labute approximate surface area is 225 Å². The third-order valence-corrected chi connectivity index (χ3v) is 6.68. The number of nitrogens with one attached hydrogen (secondary N) is 1. The van der Waals surface area contributed by atoms with Gasteiger partial charge in [0.2, 0.25) is 0 Å². The van der Waals surface area contributed by atoms with Gasteiger partial charge in [0, 0.05) is 22.8 Å². The molecular weight excluding hydrogens is 590 g/mol. The summed E-state index contributed by atoms with van der Waals surface area (Å²) in [6.45, 7) is 1.82. The monoisotopic (exact) mass is 605 g/mol. The van der Waals surface area contributed by atoms with Crippen molar-refractivity contribution >= 4 is 61.0 Å². The van der Waals surface area contributed by atoms with E-state index in [0.717, 1.165) is 24.3 Å². The summed E-state index contributed by atoms with van der Waals surface area (Å²) in [5.41, 5.74) is 0.226. The molecule has 0 aliphatic heterocycles. The molecule has 0 bridgehead atoms. The molecule has 3 aromatic carbocycles. The molecular formula is C24H17BrClN3O7S. The average molecular weight is 607 g/mol. The molecule has 0 aromatic heterocycles. The van der Waals surface area contributed by atoms with Gasteiger partial charge in [-0.05, 0) is 77.0 Å². The van der Waals surface area contributed by atoms with Crippen molar-refractivity contribution < 1.29 is 27.1 Å². The van der Waals surface area contributed by atoms with Gasteiger partial charge in [0.15, 0.2) is 11.5 Å². The second-order valence-electron chi connectivity index (χ2n) is 7.19. The molecule has 0 saturated carbocycles. The van der Waals surface area contributed by atoms with Crippen LogP contribution in [0.5, 0.6) is 11.5 Å². The Morgan fingerprint density at radius 3 is 2.51 bits per heavy atom. The molecule has 0 saturated heterocycles. The number of amides is 1. The summed E-state index contributed by atoms with van der Waals surface area (Å²) in [7, 11) is -4.39. The zero-order valence-corrected chi connectivity index (χ0v) is 22.1. The van der Waals surface area contributed by atoms with Crippen molar-refractivity contribution in [2.75, 3.05) is 11.9 Å². The molecule has 190 valence electrons. The lowest BCUT2D eigenvalue weighted by Gasteiger charge is -2.14. The van der Waals surface area contributed by atoms with Crippen molar-refractivity contribution in [2.24, 2.45) is 0 Å². The van der Waals surface area contributed by atoms with E-state index in [2.05, 4.69) is 21.2 Å². The highest BCUT2D eigenvalue weighted by molar-refractivity contribution is 9.10. The number of halogens is 2. The van der Waals surface area contributed by atoms with Gasteiger partial charge in [0.05, 0.1) is 16.0 Å². The molecule has 1 N–H and O–H groups in total. The Morgan fingerprint density at radius 1 is 1.22 bits per heavy atom. The van der Waals surface area contributed by atoms with E-state index >= 15 is 0 Å². The molecule has 0 atom stereocenters. The first kappa shape index (κ1) is 27.7. The van der Waals surface area contributed by atoms with E-state index in [1.165, 1.54) is 24.3 Å². The van der Waals surface area contributed by atoms with Crippen molar-refractivity contribution in [3.8, 4) is 17.6 Å². The van der Waals surface area contributed by atoms with E-state index < -0.39 is 20.9 Å². The Balaban J connectivity index is 1.93. The second kappa shape index (κ2) is 11.9. The van der Waals surface area contributed by atoms with Crippen molar-refractivity contribution in [2.45, 2.75) is 11.8 Å². The number of nitrogens with zero attached hydrogens (tertiary/aromatic N) is 2. The van der Waals surface area contributed by atoms with Crippen LogP contribution in [0.3, 0.4) is 0 Å². The highest BCUT2D eigenvalue weighted by Gasteiger charge is 2.23. The van der Waals surface area contributed by atoms with Gasteiger partial charge in [-0.3, -0.25) is 14.9 Å². The number of benzene rings is 3. The van der Waals surface area contributed by atoms with Crippen LogP contribution in [0.2, 0.25) is 5.02 Å². The molecule has 0 unspecified atom stereocenters. The first-order valence-corrected chi connectivity index (χ1v) is 13.0. The van der Waals surface area contributed by atoms with Crippen LogP contribution in [0.25, 0.3) is 6.08 Å². The summed E-state index contributed by atoms with van der Waals surface area (Å²) < 4.78 is 36.6. The SMILES string of the molecule is CCOc1cc(/C=C(\C#N)C(=O)Nc2cccc(Cl)c2)cc(Br)c1OS(=O)(=O)c1ccc([N+](=O)[O-])cc1. The third-order valence-electron chi connectivity index (χ3n) is 4.62. The fraction of sp³-hybridized carbons (Fsp3) is 0.0833. The summed E-state index contributed by atoms with van der Waals surface area (Å²) in [6.07, 6.45) is 1.29. The highest BCUT2D eigenvalue weighted by Crippen LogP contribution is 2.39. The first-order chi connectivity index (χ1) is 17.5. The normalized spacial score (nSPS) is 11.4. The fourth-order valence-electron chi connectivity index (χ4n) is 2.99. The van der Waals surface area contributed by atoms with Crippen molar-refractivity contribution in [1.82, 2.24) is 0 Å². The number of nitriles is 1. The van der Waals surface area contributed by atoms with Crippen LogP contribution in [0.4, 0.5) is 11.4 Å². The van der Waals surface area contributed by atoms with Gasteiger partial charge >= 0.3 is 10.1 Å².